The Labute approximate surface area is 125 Å². The molecule has 5 heteroatoms. The van der Waals surface area contributed by atoms with E-state index in [1.165, 1.54) is 0 Å². The second kappa shape index (κ2) is 7.85. The summed E-state index contributed by atoms with van der Waals surface area (Å²) in [5.74, 6) is 1.10. The summed E-state index contributed by atoms with van der Waals surface area (Å²) in [4.78, 5) is 14.0. The highest BCUT2D eigenvalue weighted by molar-refractivity contribution is 7.80. The van der Waals surface area contributed by atoms with Crippen LogP contribution in [0.5, 0.6) is 5.75 Å². The zero-order chi connectivity index (χ0) is 15.1. The van der Waals surface area contributed by atoms with Gasteiger partial charge in [0.05, 0.1) is 0 Å². The second-order valence-corrected chi connectivity index (χ2v) is 5.40. The van der Waals surface area contributed by atoms with E-state index in [0.717, 1.165) is 18.5 Å². The van der Waals surface area contributed by atoms with Crippen molar-refractivity contribution in [3.05, 3.63) is 29.8 Å². The minimum atomic E-state index is -0.0243. The van der Waals surface area contributed by atoms with Gasteiger partial charge in [0, 0.05) is 19.2 Å². The van der Waals surface area contributed by atoms with Crippen LogP contribution in [0.4, 0.5) is 0 Å². The van der Waals surface area contributed by atoms with E-state index >= 15 is 0 Å². The van der Waals surface area contributed by atoms with Crippen LogP contribution >= 0.6 is 12.2 Å². The quantitative estimate of drug-likeness (QED) is 0.783. The summed E-state index contributed by atoms with van der Waals surface area (Å²) in [6.45, 7) is 5.03. The molecule has 0 radical (unpaired) electrons. The van der Waals surface area contributed by atoms with Gasteiger partial charge in [-0.1, -0.05) is 32.5 Å². The lowest BCUT2D eigenvalue weighted by Crippen LogP contribution is -2.34. The lowest BCUT2D eigenvalue weighted by Gasteiger charge is -2.20. The molecule has 0 aliphatic carbocycles. The summed E-state index contributed by atoms with van der Waals surface area (Å²) < 4.78 is 5.46. The Bertz CT molecular complexity index is 459. The van der Waals surface area contributed by atoms with E-state index in [2.05, 4.69) is 13.8 Å². The fourth-order valence-electron chi connectivity index (χ4n) is 1.67. The molecular formula is C15H22N2O2S. The number of likely N-dealkylation sites (N-methyl/N-ethyl adjacent to an activating group) is 1. The van der Waals surface area contributed by atoms with Crippen molar-refractivity contribution in [1.82, 2.24) is 4.90 Å². The number of benzene rings is 1. The number of amides is 1. The van der Waals surface area contributed by atoms with Gasteiger partial charge in [-0.25, -0.2) is 0 Å². The molecule has 1 unspecified atom stereocenters. The lowest BCUT2D eigenvalue weighted by atomic mass is 10.1. The predicted molar refractivity (Wildman–Crippen MR) is 84.9 cm³/mol. The molecule has 4 nitrogen and oxygen atoms in total. The SMILES string of the molecule is CCC(C)CN(C)C(=O)COc1ccc(C(N)=S)cc1. The maximum atomic E-state index is 11.9. The Balaban J connectivity index is 2.46. The first-order chi connectivity index (χ1) is 9.43. The Hall–Kier alpha value is -1.62. The van der Waals surface area contributed by atoms with Gasteiger partial charge < -0.3 is 15.4 Å². The van der Waals surface area contributed by atoms with Crippen molar-refractivity contribution < 1.29 is 9.53 Å². The summed E-state index contributed by atoms with van der Waals surface area (Å²) >= 11 is 4.87. The Kier molecular flexibility index (Phi) is 6.45. The van der Waals surface area contributed by atoms with E-state index in [-0.39, 0.29) is 12.5 Å². The largest absolute Gasteiger partial charge is 0.484 e. The molecule has 0 heterocycles. The molecule has 0 aromatic heterocycles. The molecule has 110 valence electrons. The number of carbonyl (C=O) groups excluding carboxylic acids is 1. The van der Waals surface area contributed by atoms with E-state index in [9.17, 15) is 4.79 Å². The van der Waals surface area contributed by atoms with Gasteiger partial charge in [-0.3, -0.25) is 4.79 Å². The predicted octanol–water partition coefficient (Wildman–Crippen LogP) is 2.20. The summed E-state index contributed by atoms with van der Waals surface area (Å²) in [6, 6.07) is 7.09. The monoisotopic (exact) mass is 294 g/mol. The van der Waals surface area contributed by atoms with Crippen molar-refractivity contribution in [2.75, 3.05) is 20.2 Å². The van der Waals surface area contributed by atoms with Gasteiger partial charge in [-0.2, -0.15) is 0 Å². The van der Waals surface area contributed by atoms with Crippen LogP contribution in [0.25, 0.3) is 0 Å². The topological polar surface area (TPSA) is 55.6 Å². The van der Waals surface area contributed by atoms with Crippen molar-refractivity contribution in [3.8, 4) is 5.75 Å². The molecule has 1 aromatic rings. The average molecular weight is 294 g/mol. The molecule has 0 spiro atoms. The number of nitrogens with zero attached hydrogens (tertiary/aromatic N) is 1. The standard InChI is InChI=1S/C15H22N2O2S/c1-4-11(2)9-17(3)14(18)10-19-13-7-5-12(6-8-13)15(16)20/h5-8,11H,4,9-10H2,1-3H3,(H2,16,20). The molecule has 0 saturated carbocycles. The molecule has 0 aliphatic heterocycles. The lowest BCUT2D eigenvalue weighted by molar-refractivity contribution is -0.132. The molecule has 0 fully saturated rings. The van der Waals surface area contributed by atoms with Crippen LogP contribution in [0, 0.1) is 5.92 Å². The van der Waals surface area contributed by atoms with Crippen molar-refractivity contribution in [2.24, 2.45) is 11.7 Å². The molecule has 1 aromatic carbocycles. The van der Waals surface area contributed by atoms with Crippen LogP contribution in [-0.2, 0) is 4.79 Å². The number of nitrogens with two attached hydrogens (primary N) is 1. The van der Waals surface area contributed by atoms with Gasteiger partial charge >= 0.3 is 0 Å². The minimum absolute atomic E-state index is 0.0243. The van der Waals surface area contributed by atoms with Crippen LogP contribution in [-0.4, -0.2) is 36.0 Å². The molecule has 0 bridgehead atoms. The van der Waals surface area contributed by atoms with Crippen LogP contribution in [0.1, 0.15) is 25.8 Å². The third-order valence-electron chi connectivity index (χ3n) is 3.21. The molecule has 1 rings (SSSR count). The van der Waals surface area contributed by atoms with Crippen LogP contribution < -0.4 is 10.5 Å². The van der Waals surface area contributed by atoms with Crippen LogP contribution in [0.3, 0.4) is 0 Å². The zero-order valence-corrected chi connectivity index (χ0v) is 13.1. The Morgan fingerprint density at radius 2 is 2.00 bits per heavy atom. The highest BCUT2D eigenvalue weighted by Gasteiger charge is 2.12. The highest BCUT2D eigenvalue weighted by atomic mass is 32.1. The number of hydrogen-bond acceptors (Lipinski definition) is 3. The van der Waals surface area contributed by atoms with Gasteiger partial charge in [-0.05, 0) is 30.2 Å². The van der Waals surface area contributed by atoms with E-state index < -0.39 is 0 Å². The van der Waals surface area contributed by atoms with Gasteiger partial charge in [0.2, 0.25) is 0 Å². The molecule has 0 aliphatic rings. The number of hydrogen-bond donors (Lipinski definition) is 1. The Morgan fingerprint density at radius 3 is 2.50 bits per heavy atom. The summed E-state index contributed by atoms with van der Waals surface area (Å²) in [6.07, 6.45) is 1.05. The van der Waals surface area contributed by atoms with Crippen molar-refractivity contribution in [2.45, 2.75) is 20.3 Å². The van der Waals surface area contributed by atoms with Crippen LogP contribution in [0.15, 0.2) is 24.3 Å². The maximum absolute atomic E-state index is 11.9. The molecule has 1 atom stereocenters. The number of thiocarbonyl (C=S) groups is 1. The van der Waals surface area contributed by atoms with Gasteiger partial charge in [-0.15, -0.1) is 0 Å². The molecule has 0 saturated heterocycles. The normalized spacial score (nSPS) is 11.8. The first kappa shape index (κ1) is 16.4. The molecule has 1 amide bonds. The van der Waals surface area contributed by atoms with Gasteiger partial charge in [0.15, 0.2) is 6.61 Å². The molecule has 2 N–H and O–H groups in total. The third-order valence-corrected chi connectivity index (χ3v) is 3.45. The fraction of sp³-hybridized carbons (Fsp3) is 0.467. The van der Waals surface area contributed by atoms with Crippen molar-refractivity contribution in [1.29, 1.82) is 0 Å². The highest BCUT2D eigenvalue weighted by Crippen LogP contribution is 2.12. The zero-order valence-electron chi connectivity index (χ0n) is 12.3. The minimum Gasteiger partial charge on any atom is -0.484 e. The Morgan fingerprint density at radius 1 is 1.40 bits per heavy atom. The first-order valence-electron chi connectivity index (χ1n) is 6.70. The van der Waals surface area contributed by atoms with Crippen molar-refractivity contribution >= 4 is 23.1 Å². The van der Waals surface area contributed by atoms with Crippen LogP contribution in [0.2, 0.25) is 0 Å². The fourth-order valence-corrected chi connectivity index (χ4v) is 1.81. The number of rotatable bonds is 7. The van der Waals surface area contributed by atoms with Gasteiger partial charge in [0.1, 0.15) is 10.7 Å². The number of ether oxygens (including phenoxy) is 1. The van der Waals surface area contributed by atoms with E-state index in [4.69, 9.17) is 22.7 Å². The number of carbonyl (C=O) groups is 1. The summed E-state index contributed by atoms with van der Waals surface area (Å²) in [7, 11) is 1.80. The van der Waals surface area contributed by atoms with E-state index in [1.807, 2.05) is 0 Å². The second-order valence-electron chi connectivity index (χ2n) is 4.96. The molecule has 20 heavy (non-hydrogen) atoms. The summed E-state index contributed by atoms with van der Waals surface area (Å²) in [5.41, 5.74) is 6.30. The third kappa shape index (κ3) is 5.17. The van der Waals surface area contributed by atoms with E-state index in [0.29, 0.717) is 16.7 Å². The molecular weight excluding hydrogens is 272 g/mol. The maximum Gasteiger partial charge on any atom is 0.260 e. The van der Waals surface area contributed by atoms with Gasteiger partial charge in [0.25, 0.3) is 5.91 Å². The van der Waals surface area contributed by atoms with E-state index in [1.54, 1.807) is 36.2 Å². The van der Waals surface area contributed by atoms with Crippen molar-refractivity contribution in [3.63, 3.8) is 0 Å². The first-order valence-corrected chi connectivity index (χ1v) is 7.11. The average Bonchev–Trinajstić information content (AvgIpc) is 2.44. The smallest absolute Gasteiger partial charge is 0.260 e. The summed E-state index contributed by atoms with van der Waals surface area (Å²) in [5, 5.41) is 0.